The van der Waals surface area contributed by atoms with Gasteiger partial charge in [-0.25, -0.2) is 29.3 Å². The van der Waals surface area contributed by atoms with Gasteiger partial charge in [-0.1, -0.05) is 36.4 Å². The van der Waals surface area contributed by atoms with Crippen molar-refractivity contribution in [1.29, 1.82) is 0 Å². The van der Waals surface area contributed by atoms with Crippen LogP contribution >= 0.6 is 0 Å². The summed E-state index contributed by atoms with van der Waals surface area (Å²) in [6.45, 7) is 6.52. The van der Waals surface area contributed by atoms with Crippen molar-refractivity contribution in [2.45, 2.75) is 40.6 Å². The normalized spacial score (nSPS) is 10.7. The van der Waals surface area contributed by atoms with Gasteiger partial charge in [0.2, 0.25) is 0 Å². The molecule has 0 spiro atoms. The number of nitrogens with zero attached hydrogens (tertiary/aromatic N) is 6. The van der Waals surface area contributed by atoms with Crippen LogP contribution in [-0.2, 0) is 34.0 Å². The van der Waals surface area contributed by atoms with E-state index >= 15 is 0 Å². The van der Waals surface area contributed by atoms with E-state index in [2.05, 4.69) is 29.9 Å². The first kappa shape index (κ1) is 43.0. The van der Waals surface area contributed by atoms with Crippen molar-refractivity contribution in [1.82, 2.24) is 29.9 Å². The second kappa shape index (κ2) is 20.9. The lowest BCUT2D eigenvalue weighted by atomic mass is 10.2. The molecule has 0 unspecified atom stereocenters. The van der Waals surface area contributed by atoms with Crippen LogP contribution in [0.1, 0.15) is 68.9 Å². The molecule has 0 atom stereocenters. The van der Waals surface area contributed by atoms with Gasteiger partial charge in [-0.05, 0) is 75.4 Å². The van der Waals surface area contributed by atoms with Gasteiger partial charge in [-0.15, -0.1) is 0 Å². The molecule has 7 aromatic rings. The summed E-state index contributed by atoms with van der Waals surface area (Å²) in [5.74, 6) is -0.0393. The fraction of sp³-hybridized carbons (Fsp3) is 0.188. The predicted octanol–water partition coefficient (Wildman–Crippen LogP) is 8.32. The Hall–Kier alpha value is -8.07. The van der Waals surface area contributed by atoms with Gasteiger partial charge >= 0.3 is 17.9 Å². The number of carbonyl (C=O) groups excluding carboxylic acids is 3. The van der Waals surface area contributed by atoms with Crippen molar-refractivity contribution in [2.75, 3.05) is 19.8 Å². The van der Waals surface area contributed by atoms with Gasteiger partial charge in [0.1, 0.15) is 54.2 Å². The number of rotatable bonds is 18. The Labute approximate surface area is 363 Å². The summed E-state index contributed by atoms with van der Waals surface area (Å²) in [6, 6.07) is 31.7. The van der Waals surface area contributed by atoms with Gasteiger partial charge < -0.3 is 28.4 Å². The van der Waals surface area contributed by atoms with E-state index in [-0.39, 0.29) is 56.7 Å². The second-order valence-electron chi connectivity index (χ2n) is 13.5. The van der Waals surface area contributed by atoms with Gasteiger partial charge in [0.15, 0.2) is 0 Å². The molecule has 0 saturated heterocycles. The quantitative estimate of drug-likeness (QED) is 0.0593. The zero-order chi connectivity index (χ0) is 44.0. The lowest BCUT2D eigenvalue weighted by Crippen LogP contribution is -2.07. The Morgan fingerprint density at radius 2 is 0.698 bits per heavy atom. The number of benzene rings is 1. The van der Waals surface area contributed by atoms with Crippen LogP contribution in [0.4, 0.5) is 0 Å². The number of esters is 3. The highest BCUT2D eigenvalue weighted by atomic mass is 16.5. The fourth-order valence-electron chi connectivity index (χ4n) is 5.97. The first-order valence-electron chi connectivity index (χ1n) is 20.1. The summed E-state index contributed by atoms with van der Waals surface area (Å²) in [5, 5.41) is 0. The van der Waals surface area contributed by atoms with Crippen LogP contribution in [0.25, 0.3) is 34.2 Å². The summed E-state index contributed by atoms with van der Waals surface area (Å²) in [6.07, 6.45) is 5.05. The molecule has 6 aromatic heterocycles. The van der Waals surface area contributed by atoms with Gasteiger partial charge in [0, 0.05) is 53.5 Å². The molecule has 0 bridgehead atoms. The molecule has 0 saturated carbocycles. The third-order valence-corrected chi connectivity index (χ3v) is 9.03. The minimum absolute atomic E-state index is 0.181. The average Bonchev–Trinajstić information content (AvgIpc) is 3.33. The van der Waals surface area contributed by atoms with E-state index in [0.717, 1.165) is 16.7 Å². The molecule has 63 heavy (non-hydrogen) atoms. The molecule has 318 valence electrons. The SMILES string of the molecule is CCOC(=O)c1cccc(-c2ccc(COc3cc(OCc4ccc(-c5cccc(C(=O)OCC)n5)nc4)cc(OCc4ccc(-c5cccc(C(=O)OCC)n5)nc4)c3)cn2)n1. The Morgan fingerprint density at radius 3 is 0.952 bits per heavy atom. The van der Waals surface area contributed by atoms with Crippen molar-refractivity contribution in [3.05, 3.63) is 162 Å². The van der Waals surface area contributed by atoms with Crippen molar-refractivity contribution in [2.24, 2.45) is 0 Å². The molecule has 0 aliphatic heterocycles. The van der Waals surface area contributed by atoms with E-state index in [0.29, 0.717) is 51.4 Å². The van der Waals surface area contributed by atoms with E-state index in [9.17, 15) is 14.4 Å². The van der Waals surface area contributed by atoms with Crippen LogP contribution in [-0.4, -0.2) is 67.6 Å². The van der Waals surface area contributed by atoms with E-state index in [1.165, 1.54) is 0 Å². The fourth-order valence-corrected chi connectivity index (χ4v) is 5.97. The first-order valence-corrected chi connectivity index (χ1v) is 20.1. The maximum Gasteiger partial charge on any atom is 0.356 e. The monoisotopic (exact) mass is 846 g/mol. The third kappa shape index (κ3) is 11.6. The molecule has 0 aliphatic carbocycles. The van der Waals surface area contributed by atoms with Crippen molar-refractivity contribution in [3.63, 3.8) is 0 Å². The summed E-state index contributed by atoms with van der Waals surface area (Å²) >= 11 is 0. The number of aromatic nitrogens is 6. The highest BCUT2D eigenvalue weighted by Gasteiger charge is 2.14. The van der Waals surface area contributed by atoms with Gasteiger partial charge in [0.05, 0.1) is 54.0 Å². The van der Waals surface area contributed by atoms with Crippen LogP contribution in [0.2, 0.25) is 0 Å². The van der Waals surface area contributed by atoms with Crippen LogP contribution in [0.15, 0.2) is 128 Å². The molecule has 0 N–H and O–H groups in total. The first-order chi connectivity index (χ1) is 30.8. The molecule has 15 nitrogen and oxygen atoms in total. The number of ether oxygens (including phenoxy) is 6. The Morgan fingerprint density at radius 1 is 0.397 bits per heavy atom. The maximum atomic E-state index is 12.2. The molecule has 0 fully saturated rings. The molecule has 0 amide bonds. The summed E-state index contributed by atoms with van der Waals surface area (Å²) in [7, 11) is 0. The van der Waals surface area contributed by atoms with Gasteiger partial charge in [-0.2, -0.15) is 0 Å². The smallest absolute Gasteiger partial charge is 0.356 e. The van der Waals surface area contributed by atoms with E-state index in [1.807, 2.05) is 36.4 Å². The van der Waals surface area contributed by atoms with E-state index < -0.39 is 17.9 Å². The molecule has 0 aliphatic rings. The van der Waals surface area contributed by atoms with Gasteiger partial charge in [-0.3, -0.25) is 15.0 Å². The van der Waals surface area contributed by atoms with Crippen LogP contribution < -0.4 is 14.2 Å². The summed E-state index contributed by atoms with van der Waals surface area (Å²) < 4.78 is 33.9. The van der Waals surface area contributed by atoms with Crippen molar-refractivity contribution in [3.8, 4) is 51.4 Å². The minimum Gasteiger partial charge on any atom is -0.489 e. The molecular weight excluding hydrogens is 805 g/mol. The van der Waals surface area contributed by atoms with E-state index in [1.54, 1.807) is 112 Å². The maximum absolute atomic E-state index is 12.2. The van der Waals surface area contributed by atoms with Gasteiger partial charge in [0.25, 0.3) is 0 Å². The standard InChI is InChI=1S/C48H42N6O9/c1-4-58-46(55)43-13-7-10-40(52-43)37-19-16-31(25-49-37)28-61-34-22-35(62-29-32-17-20-38(50-26-32)41-11-8-14-44(53-41)47(56)59-5-2)24-36(23-34)63-30-33-18-21-39(51-27-33)42-12-9-15-45(54-42)48(57)60-6-3/h7-27H,4-6,28-30H2,1-3H3. The number of hydrogen-bond acceptors (Lipinski definition) is 15. The lowest BCUT2D eigenvalue weighted by Gasteiger charge is -2.14. The molecule has 0 radical (unpaired) electrons. The topological polar surface area (TPSA) is 184 Å². The van der Waals surface area contributed by atoms with Crippen LogP contribution in [0.3, 0.4) is 0 Å². The Bertz CT molecular complexity index is 2370. The largest absolute Gasteiger partial charge is 0.489 e. The number of pyridine rings is 6. The summed E-state index contributed by atoms with van der Waals surface area (Å²) in [5.41, 5.74) is 6.35. The minimum atomic E-state index is -0.497. The molecule has 1 aromatic carbocycles. The Balaban J connectivity index is 1.05. The predicted molar refractivity (Wildman–Crippen MR) is 230 cm³/mol. The van der Waals surface area contributed by atoms with Crippen molar-refractivity contribution >= 4 is 17.9 Å². The molecule has 15 heteroatoms. The Kier molecular flexibility index (Phi) is 14.3. The molecule has 7 rings (SSSR count). The zero-order valence-electron chi connectivity index (χ0n) is 34.7. The van der Waals surface area contributed by atoms with E-state index in [4.69, 9.17) is 28.4 Å². The molecule has 6 heterocycles. The van der Waals surface area contributed by atoms with Crippen LogP contribution in [0, 0.1) is 0 Å². The highest BCUT2D eigenvalue weighted by molar-refractivity contribution is 5.89. The third-order valence-electron chi connectivity index (χ3n) is 9.03. The number of carbonyl (C=O) groups is 3. The second-order valence-corrected chi connectivity index (χ2v) is 13.5. The average molecular weight is 847 g/mol. The lowest BCUT2D eigenvalue weighted by molar-refractivity contribution is 0.0510. The summed E-state index contributed by atoms with van der Waals surface area (Å²) in [4.78, 5) is 63.5. The van der Waals surface area contributed by atoms with Crippen LogP contribution in [0.5, 0.6) is 17.2 Å². The van der Waals surface area contributed by atoms with Crippen molar-refractivity contribution < 1.29 is 42.8 Å². The highest BCUT2D eigenvalue weighted by Crippen LogP contribution is 2.30. The zero-order valence-corrected chi connectivity index (χ0v) is 34.7. The molecular formula is C48H42N6O9. The number of hydrogen-bond donors (Lipinski definition) is 0.